The minimum absolute atomic E-state index is 0.219. The van der Waals surface area contributed by atoms with Gasteiger partial charge in [0.15, 0.2) is 0 Å². The second-order valence-electron chi connectivity index (χ2n) is 1.85. The van der Waals surface area contributed by atoms with E-state index in [0.29, 0.717) is 6.55 Å². The van der Waals surface area contributed by atoms with Crippen LogP contribution in [0.25, 0.3) is 0 Å². The highest BCUT2D eigenvalue weighted by molar-refractivity contribution is 6.06. The van der Waals surface area contributed by atoms with Gasteiger partial charge in [0, 0.05) is 0 Å². The number of rotatable bonds is 3. The lowest BCUT2D eigenvalue weighted by molar-refractivity contribution is 1.49. The van der Waals surface area contributed by atoms with Gasteiger partial charge in [-0.05, 0) is 11.6 Å². The second-order valence-corrected chi connectivity index (χ2v) is 1.85. The molecule has 1 heteroatoms. The van der Waals surface area contributed by atoms with Gasteiger partial charge in [0.05, 0.1) is 16.7 Å². The van der Waals surface area contributed by atoms with Gasteiger partial charge in [-0.3, -0.25) is 0 Å². The first-order valence-electron chi connectivity index (χ1n) is 7.19. The average Bonchev–Trinajstić information content (AvgIpc) is 2.45. The van der Waals surface area contributed by atoms with Crippen molar-refractivity contribution in [1.29, 1.82) is 5.41 Å². The Morgan fingerprint density at radius 3 is 3.42 bits per heavy atom. The predicted molar refractivity (Wildman–Crippen MR) is 52.6 cm³/mol. The van der Waals surface area contributed by atoms with Crippen LogP contribution >= 0.6 is 0 Å². The average molecular weight is 165 g/mol. The minimum atomic E-state index is -0.677. The first-order chi connectivity index (χ1) is 9.22. The fourth-order valence-electron chi connectivity index (χ4n) is 0.580. The third-order valence-corrected chi connectivity index (χ3v) is 1.08. The van der Waals surface area contributed by atoms with Crippen molar-refractivity contribution in [3.8, 4) is 0 Å². The lowest BCUT2D eigenvalue weighted by Gasteiger charge is -1.95. The summed E-state index contributed by atoms with van der Waals surface area (Å²) in [5.41, 5.74) is -0.808. The molecule has 1 aromatic rings. The highest BCUT2D eigenvalue weighted by Crippen LogP contribution is 2.00. The minimum Gasteiger partial charge on any atom is -0.300 e. The molecule has 1 rings (SSSR count). The molecule has 0 aliphatic heterocycles. The molecule has 0 unspecified atom stereocenters. The van der Waals surface area contributed by atoms with E-state index in [0.717, 1.165) is 6.07 Å². The molecule has 0 fully saturated rings. The molecule has 0 saturated carbocycles. The SMILES string of the molecule is [2H]C=C([2H])/C([2H])=C(/[2H])C(=N)c1cc([2H])c([2H])c([2H])c1[2H]. The van der Waals surface area contributed by atoms with Gasteiger partial charge in [0.2, 0.25) is 0 Å². The highest BCUT2D eigenvalue weighted by Gasteiger charge is 1.92. The third-order valence-electron chi connectivity index (χ3n) is 1.08. The topological polar surface area (TPSA) is 23.9 Å². The van der Waals surface area contributed by atoms with Crippen LogP contribution in [0.5, 0.6) is 0 Å². The smallest absolute Gasteiger partial charge is 0.0645 e. The van der Waals surface area contributed by atoms with Crippen molar-refractivity contribution in [2.45, 2.75) is 0 Å². The molecule has 0 aliphatic rings. The van der Waals surface area contributed by atoms with E-state index in [-0.39, 0.29) is 11.6 Å². The van der Waals surface area contributed by atoms with Gasteiger partial charge in [-0.15, -0.1) is 0 Å². The van der Waals surface area contributed by atoms with Crippen LogP contribution < -0.4 is 0 Å². The van der Waals surface area contributed by atoms with Gasteiger partial charge in [0.1, 0.15) is 0 Å². The highest BCUT2D eigenvalue weighted by atomic mass is 14.4. The van der Waals surface area contributed by atoms with Gasteiger partial charge in [-0.1, -0.05) is 48.9 Å². The van der Waals surface area contributed by atoms with Gasteiger partial charge < -0.3 is 5.41 Å². The number of hydrogen-bond acceptors (Lipinski definition) is 1. The quantitative estimate of drug-likeness (QED) is 0.526. The van der Waals surface area contributed by atoms with Crippen molar-refractivity contribution in [1.82, 2.24) is 0 Å². The number of nitrogens with one attached hydrogen (secondary N) is 1. The fraction of sp³-hybridized carbons (Fsp3) is 0. The van der Waals surface area contributed by atoms with Crippen molar-refractivity contribution in [3.05, 3.63) is 60.5 Å². The summed E-state index contributed by atoms with van der Waals surface area (Å²) in [6.07, 6.45) is 0. The summed E-state index contributed by atoms with van der Waals surface area (Å²) < 4.78 is 59.2. The summed E-state index contributed by atoms with van der Waals surface area (Å²) in [5, 5.41) is 7.75. The van der Waals surface area contributed by atoms with Gasteiger partial charge in [-0.25, -0.2) is 0 Å². The molecule has 0 amide bonds. The summed E-state index contributed by atoms with van der Waals surface area (Å²) in [6.45, 7) is 0.560. The largest absolute Gasteiger partial charge is 0.300 e. The van der Waals surface area contributed by atoms with E-state index < -0.39 is 42.0 Å². The molecule has 1 aromatic carbocycles. The summed E-state index contributed by atoms with van der Waals surface area (Å²) >= 11 is 0. The van der Waals surface area contributed by atoms with Crippen molar-refractivity contribution in [3.63, 3.8) is 0 Å². The maximum Gasteiger partial charge on any atom is 0.0645 e. The van der Waals surface area contributed by atoms with Crippen LogP contribution in [0.2, 0.25) is 0 Å². The Hall–Kier alpha value is -1.63. The molecule has 60 valence electrons. The van der Waals surface area contributed by atoms with Gasteiger partial charge in [-0.2, -0.15) is 0 Å². The zero-order valence-electron chi connectivity index (χ0n) is 14.2. The van der Waals surface area contributed by atoms with Crippen LogP contribution in [0, 0.1) is 5.41 Å². The molecule has 12 heavy (non-hydrogen) atoms. The van der Waals surface area contributed by atoms with E-state index in [2.05, 4.69) is 0 Å². The lowest BCUT2D eigenvalue weighted by Crippen LogP contribution is -1.92. The maximum atomic E-state index is 7.75. The zero-order chi connectivity index (χ0) is 15.6. The maximum absolute atomic E-state index is 7.75. The molecule has 0 spiro atoms. The van der Waals surface area contributed by atoms with Gasteiger partial charge in [0.25, 0.3) is 0 Å². The second kappa shape index (κ2) is 4.29. The normalized spacial score (nSPS) is 22.8. The summed E-state index contributed by atoms with van der Waals surface area (Å²) in [7, 11) is 0. The van der Waals surface area contributed by atoms with E-state index in [1.807, 2.05) is 0 Å². The third kappa shape index (κ3) is 2.20. The Morgan fingerprint density at radius 2 is 2.58 bits per heavy atom. The molecule has 0 heterocycles. The van der Waals surface area contributed by atoms with Crippen molar-refractivity contribution >= 4 is 5.71 Å². The Morgan fingerprint density at radius 1 is 1.67 bits per heavy atom. The molecule has 0 saturated heterocycles. The number of allylic oxidation sites excluding steroid dienone is 3. The molecule has 1 nitrogen and oxygen atoms in total. The molecule has 0 aliphatic carbocycles. The number of hydrogen-bond donors (Lipinski definition) is 1. The number of benzene rings is 1. The summed E-state index contributed by atoms with van der Waals surface area (Å²) in [4.78, 5) is 0. The van der Waals surface area contributed by atoms with E-state index in [9.17, 15) is 0 Å². The molecule has 1 N–H and O–H groups in total. The monoisotopic (exact) mass is 165 g/mol. The lowest BCUT2D eigenvalue weighted by atomic mass is 10.1. The predicted octanol–water partition coefficient (Wildman–Crippen LogP) is 2.80. The van der Waals surface area contributed by atoms with Gasteiger partial charge >= 0.3 is 0 Å². The first-order valence-corrected chi connectivity index (χ1v) is 3.12. The molecular formula is C11H11N. The van der Waals surface area contributed by atoms with Crippen LogP contribution in [0.3, 0.4) is 0 Å². The summed E-state index contributed by atoms with van der Waals surface area (Å²) in [6, 6.07) is -2.68. The molecule has 0 atom stereocenters. The Kier molecular flexibility index (Phi) is 0.965. The molecule has 0 bridgehead atoms. The molecular weight excluding hydrogens is 146 g/mol. The Labute approximate surface area is 83.8 Å². The van der Waals surface area contributed by atoms with E-state index in [1.54, 1.807) is 0 Å². The molecule has 0 radical (unpaired) electrons. The van der Waals surface area contributed by atoms with Crippen LogP contribution in [0.4, 0.5) is 0 Å². The van der Waals surface area contributed by atoms with Crippen LogP contribution in [0.15, 0.2) is 54.9 Å². The fourth-order valence-corrected chi connectivity index (χ4v) is 0.580. The standard InChI is InChI=1S/C11H11N/c1-2-3-9-11(12)10-7-5-4-6-8-10/h2-9,12H,1H2/b9-3-,12-11?/i1D,2D,3D,4D,5D,6D,7D,9D/b2-1?,9-3-,12-11?. The van der Waals surface area contributed by atoms with E-state index in [4.69, 9.17) is 16.4 Å². The van der Waals surface area contributed by atoms with E-state index in [1.165, 1.54) is 0 Å². The van der Waals surface area contributed by atoms with Crippen molar-refractivity contribution in [2.75, 3.05) is 0 Å². The Bertz CT molecular complexity index is 632. The van der Waals surface area contributed by atoms with E-state index >= 15 is 0 Å². The van der Waals surface area contributed by atoms with Crippen LogP contribution in [0.1, 0.15) is 16.5 Å². The van der Waals surface area contributed by atoms with Crippen LogP contribution in [-0.4, -0.2) is 5.71 Å². The first kappa shape index (κ1) is 2.70. The molecule has 0 aromatic heterocycles. The van der Waals surface area contributed by atoms with Crippen LogP contribution in [-0.2, 0) is 0 Å². The van der Waals surface area contributed by atoms with Crippen molar-refractivity contribution < 1.29 is 11.0 Å². The Balaban J connectivity index is 3.44. The summed E-state index contributed by atoms with van der Waals surface area (Å²) in [5.74, 6) is 0. The van der Waals surface area contributed by atoms with Crippen molar-refractivity contribution in [2.24, 2.45) is 0 Å². The zero-order valence-corrected chi connectivity index (χ0v) is 6.15.